The number of carbonyl (C=O) groups excluding carboxylic acids is 1. The molecule has 0 radical (unpaired) electrons. The lowest BCUT2D eigenvalue weighted by molar-refractivity contribution is 0.187. The van der Waals surface area contributed by atoms with Gasteiger partial charge in [-0.15, -0.1) is 0 Å². The monoisotopic (exact) mass is 271 g/mol. The van der Waals surface area contributed by atoms with Gasteiger partial charge in [0.15, 0.2) is 0 Å². The zero-order chi connectivity index (χ0) is 13.7. The second kappa shape index (κ2) is 4.13. The lowest BCUT2D eigenvalue weighted by Gasteiger charge is -2.38. The first kappa shape index (κ1) is 11.6. The third-order valence-corrected chi connectivity index (χ3v) is 4.34. The number of aromatic nitrogens is 2. The van der Waals surface area contributed by atoms with E-state index < -0.39 is 0 Å². The molecule has 104 valence electrons. The fourth-order valence-electron chi connectivity index (χ4n) is 3.32. The topological polar surface area (TPSA) is 55.5 Å². The Bertz CT molecular complexity index is 666. The molecule has 20 heavy (non-hydrogen) atoms. The number of H-pyrrole nitrogens is 1. The molecule has 3 heterocycles. The third kappa shape index (κ3) is 1.57. The predicted molar refractivity (Wildman–Crippen MR) is 76.8 cm³/mol. The summed E-state index contributed by atoms with van der Waals surface area (Å²) >= 11 is 0. The number of hydrogen-bond donors (Lipinski definition) is 1. The maximum absolute atomic E-state index is 12.0. The first-order valence-corrected chi connectivity index (χ1v) is 6.93. The summed E-state index contributed by atoms with van der Waals surface area (Å²) in [4.78, 5) is 18.1. The Morgan fingerprint density at radius 1 is 1.30 bits per heavy atom. The number of fused-ring (bicyclic) bond motifs is 2. The van der Waals surface area contributed by atoms with Crippen LogP contribution in [0.15, 0.2) is 24.4 Å². The summed E-state index contributed by atoms with van der Waals surface area (Å²) in [5, 5.41) is 8.28. The molecule has 1 N–H and O–H groups in total. The standard InChI is InChI=1S/C14H17N5O/c1-17-8-10-9-18(5-6-19(10)14(17)20)13-4-2-3-12-11(13)7-15-16-12/h2-4,7,10H,5-6,8-9H2,1H3,(H,15,16). The van der Waals surface area contributed by atoms with E-state index in [4.69, 9.17) is 0 Å². The van der Waals surface area contributed by atoms with Gasteiger partial charge in [0.2, 0.25) is 0 Å². The number of carbonyl (C=O) groups is 1. The van der Waals surface area contributed by atoms with Crippen molar-refractivity contribution < 1.29 is 4.79 Å². The van der Waals surface area contributed by atoms with Crippen LogP contribution in [-0.2, 0) is 0 Å². The van der Waals surface area contributed by atoms with Crippen molar-refractivity contribution in [3.63, 3.8) is 0 Å². The van der Waals surface area contributed by atoms with E-state index in [-0.39, 0.29) is 6.03 Å². The first-order valence-electron chi connectivity index (χ1n) is 6.93. The zero-order valence-corrected chi connectivity index (χ0v) is 11.4. The molecule has 1 aromatic carbocycles. The highest BCUT2D eigenvalue weighted by Gasteiger charge is 2.39. The van der Waals surface area contributed by atoms with Crippen LogP contribution in [0.5, 0.6) is 0 Å². The number of rotatable bonds is 1. The minimum atomic E-state index is 0.163. The number of aromatic amines is 1. The van der Waals surface area contributed by atoms with Gasteiger partial charge in [0.25, 0.3) is 0 Å². The van der Waals surface area contributed by atoms with Crippen molar-refractivity contribution in [2.45, 2.75) is 6.04 Å². The highest BCUT2D eigenvalue weighted by atomic mass is 16.2. The van der Waals surface area contributed by atoms with Crippen LogP contribution in [0.25, 0.3) is 10.9 Å². The van der Waals surface area contributed by atoms with Gasteiger partial charge in [0.05, 0.1) is 17.8 Å². The van der Waals surface area contributed by atoms with Gasteiger partial charge in [0, 0.05) is 44.3 Å². The van der Waals surface area contributed by atoms with Crippen molar-refractivity contribution in [3.05, 3.63) is 24.4 Å². The Kier molecular flexibility index (Phi) is 2.39. The number of nitrogens with one attached hydrogen (secondary N) is 1. The van der Waals surface area contributed by atoms with E-state index in [1.807, 2.05) is 35.2 Å². The number of urea groups is 1. The molecule has 1 unspecified atom stereocenters. The maximum Gasteiger partial charge on any atom is 0.320 e. The molecular formula is C14H17N5O. The molecule has 2 fully saturated rings. The van der Waals surface area contributed by atoms with E-state index in [1.54, 1.807) is 0 Å². The molecule has 0 aliphatic carbocycles. The third-order valence-electron chi connectivity index (χ3n) is 4.34. The molecule has 2 saturated heterocycles. The van der Waals surface area contributed by atoms with Gasteiger partial charge in [-0.3, -0.25) is 5.10 Å². The molecular weight excluding hydrogens is 254 g/mol. The quantitative estimate of drug-likeness (QED) is 0.845. The number of benzene rings is 1. The Labute approximate surface area is 116 Å². The summed E-state index contributed by atoms with van der Waals surface area (Å²) in [6, 6.07) is 6.68. The van der Waals surface area contributed by atoms with Gasteiger partial charge < -0.3 is 14.7 Å². The molecule has 6 nitrogen and oxygen atoms in total. The Hall–Kier alpha value is -2.24. The predicted octanol–water partition coefficient (Wildman–Crippen LogP) is 1.12. The average molecular weight is 271 g/mol. The van der Waals surface area contributed by atoms with Crippen LogP contribution >= 0.6 is 0 Å². The second-order valence-corrected chi connectivity index (χ2v) is 5.56. The van der Waals surface area contributed by atoms with Crippen molar-refractivity contribution in [1.29, 1.82) is 0 Å². The van der Waals surface area contributed by atoms with E-state index in [1.165, 1.54) is 5.69 Å². The van der Waals surface area contributed by atoms with Crippen LogP contribution < -0.4 is 4.90 Å². The van der Waals surface area contributed by atoms with Crippen molar-refractivity contribution in [2.24, 2.45) is 0 Å². The Balaban J connectivity index is 1.65. The molecule has 0 saturated carbocycles. The summed E-state index contributed by atoms with van der Waals surface area (Å²) in [6.45, 7) is 3.37. The van der Waals surface area contributed by atoms with Crippen LogP contribution in [0, 0.1) is 0 Å². The van der Waals surface area contributed by atoms with Gasteiger partial charge in [0.1, 0.15) is 0 Å². The molecule has 2 aliphatic heterocycles. The molecule has 1 aromatic heterocycles. The first-order chi connectivity index (χ1) is 9.74. The smallest absolute Gasteiger partial charge is 0.320 e. The number of piperazine rings is 1. The highest BCUT2D eigenvalue weighted by molar-refractivity contribution is 5.91. The van der Waals surface area contributed by atoms with Crippen molar-refractivity contribution in [2.75, 3.05) is 38.1 Å². The van der Waals surface area contributed by atoms with Crippen LogP contribution in [0.1, 0.15) is 0 Å². The maximum atomic E-state index is 12.0. The molecule has 2 aromatic rings. The second-order valence-electron chi connectivity index (χ2n) is 5.56. The molecule has 2 aliphatic rings. The van der Waals surface area contributed by atoms with Crippen LogP contribution in [-0.4, -0.2) is 65.3 Å². The average Bonchev–Trinajstić information content (AvgIpc) is 3.04. The van der Waals surface area contributed by atoms with Crippen molar-refractivity contribution in [3.8, 4) is 0 Å². The Morgan fingerprint density at radius 3 is 3.10 bits per heavy atom. The normalized spacial score (nSPS) is 22.8. The number of nitrogens with zero attached hydrogens (tertiary/aromatic N) is 4. The number of hydrogen-bond acceptors (Lipinski definition) is 3. The van der Waals surface area contributed by atoms with Crippen LogP contribution in [0.4, 0.5) is 10.5 Å². The SMILES string of the molecule is CN1CC2CN(c3cccc4[nH]ncc34)CCN2C1=O. The zero-order valence-electron chi connectivity index (χ0n) is 11.4. The van der Waals surface area contributed by atoms with E-state index >= 15 is 0 Å². The van der Waals surface area contributed by atoms with E-state index in [0.29, 0.717) is 6.04 Å². The number of likely N-dealkylation sites (N-methyl/N-ethyl adjacent to an activating group) is 1. The molecule has 2 amide bonds. The number of anilines is 1. The van der Waals surface area contributed by atoms with Crippen molar-refractivity contribution in [1.82, 2.24) is 20.0 Å². The molecule has 0 bridgehead atoms. The van der Waals surface area contributed by atoms with Gasteiger partial charge in [-0.1, -0.05) is 6.07 Å². The lowest BCUT2D eigenvalue weighted by Crippen LogP contribution is -2.52. The summed E-state index contributed by atoms with van der Waals surface area (Å²) in [5.74, 6) is 0. The van der Waals surface area contributed by atoms with Crippen LogP contribution in [0.3, 0.4) is 0 Å². The number of amides is 2. The summed E-state index contributed by atoms with van der Waals surface area (Å²) < 4.78 is 0. The fraction of sp³-hybridized carbons (Fsp3) is 0.429. The molecule has 4 rings (SSSR count). The highest BCUT2D eigenvalue weighted by Crippen LogP contribution is 2.29. The summed E-state index contributed by atoms with van der Waals surface area (Å²) in [5.41, 5.74) is 2.27. The van der Waals surface area contributed by atoms with E-state index in [2.05, 4.69) is 21.2 Å². The Morgan fingerprint density at radius 2 is 2.20 bits per heavy atom. The fourth-order valence-corrected chi connectivity index (χ4v) is 3.32. The molecule has 1 atom stereocenters. The minimum Gasteiger partial charge on any atom is -0.367 e. The molecule has 0 spiro atoms. The lowest BCUT2D eigenvalue weighted by atomic mass is 10.1. The summed E-state index contributed by atoms with van der Waals surface area (Å²) in [6.07, 6.45) is 1.88. The minimum absolute atomic E-state index is 0.163. The van der Waals surface area contributed by atoms with Gasteiger partial charge >= 0.3 is 6.03 Å². The van der Waals surface area contributed by atoms with Gasteiger partial charge in [-0.25, -0.2) is 4.79 Å². The van der Waals surface area contributed by atoms with Crippen molar-refractivity contribution >= 4 is 22.6 Å². The molecule has 6 heteroatoms. The van der Waals surface area contributed by atoms with Crippen LogP contribution in [0.2, 0.25) is 0 Å². The largest absolute Gasteiger partial charge is 0.367 e. The summed E-state index contributed by atoms with van der Waals surface area (Å²) in [7, 11) is 1.88. The van der Waals surface area contributed by atoms with E-state index in [9.17, 15) is 4.79 Å². The van der Waals surface area contributed by atoms with Gasteiger partial charge in [-0.2, -0.15) is 5.10 Å². The van der Waals surface area contributed by atoms with Gasteiger partial charge in [-0.05, 0) is 12.1 Å². The van der Waals surface area contributed by atoms with E-state index in [0.717, 1.165) is 37.1 Å².